The summed E-state index contributed by atoms with van der Waals surface area (Å²) in [7, 11) is 0. The average molecular weight is 294 g/mol. The van der Waals surface area contributed by atoms with Crippen molar-refractivity contribution in [1.29, 1.82) is 10.5 Å². The van der Waals surface area contributed by atoms with Crippen molar-refractivity contribution >= 4 is 12.0 Å². The van der Waals surface area contributed by atoms with E-state index in [4.69, 9.17) is 24.8 Å². The number of nitriles is 2. The van der Waals surface area contributed by atoms with E-state index in [1.165, 1.54) is 18.2 Å². The van der Waals surface area contributed by atoms with Crippen LogP contribution >= 0.6 is 0 Å². The minimum atomic E-state index is -1.14. The quantitative estimate of drug-likeness (QED) is 0.849. The number of benzene rings is 1. The van der Waals surface area contributed by atoms with Crippen molar-refractivity contribution in [2.45, 2.75) is 6.61 Å². The SMILES string of the molecule is N#CC(C#N)=Cc1cccc(OCc2ccc(C(=O)O)o2)c1. The first-order valence-corrected chi connectivity index (χ1v) is 6.19. The van der Waals surface area contributed by atoms with Crippen LogP contribution in [0.2, 0.25) is 0 Å². The molecule has 0 fully saturated rings. The highest BCUT2D eigenvalue weighted by molar-refractivity contribution is 5.84. The van der Waals surface area contributed by atoms with Crippen LogP contribution in [0, 0.1) is 22.7 Å². The Balaban J connectivity index is 2.07. The molecule has 0 aliphatic rings. The van der Waals surface area contributed by atoms with Crippen LogP contribution in [0.1, 0.15) is 21.9 Å². The fourth-order valence-corrected chi connectivity index (χ4v) is 1.68. The van der Waals surface area contributed by atoms with Crippen LogP contribution in [0.25, 0.3) is 6.08 Å². The summed E-state index contributed by atoms with van der Waals surface area (Å²) in [5, 5.41) is 26.2. The van der Waals surface area contributed by atoms with Crippen LogP contribution in [-0.2, 0) is 6.61 Å². The average Bonchev–Trinajstić information content (AvgIpc) is 3.00. The molecule has 1 aromatic heterocycles. The first-order chi connectivity index (χ1) is 10.6. The lowest BCUT2D eigenvalue weighted by Gasteiger charge is -2.05. The molecular weight excluding hydrogens is 284 g/mol. The molecule has 0 unspecified atom stereocenters. The number of ether oxygens (including phenoxy) is 1. The summed E-state index contributed by atoms with van der Waals surface area (Å²) in [4.78, 5) is 10.7. The summed E-state index contributed by atoms with van der Waals surface area (Å²) in [6.07, 6.45) is 1.45. The number of aromatic carboxylic acids is 1. The summed E-state index contributed by atoms with van der Waals surface area (Å²) in [6, 6.07) is 13.3. The molecule has 0 saturated heterocycles. The Morgan fingerprint density at radius 2 is 2.05 bits per heavy atom. The number of hydrogen-bond donors (Lipinski definition) is 1. The highest BCUT2D eigenvalue weighted by Gasteiger charge is 2.09. The van der Waals surface area contributed by atoms with Crippen LogP contribution in [0.4, 0.5) is 0 Å². The van der Waals surface area contributed by atoms with Gasteiger partial charge >= 0.3 is 5.97 Å². The van der Waals surface area contributed by atoms with Gasteiger partial charge in [0.25, 0.3) is 0 Å². The Bertz CT molecular complexity index is 790. The molecule has 0 bridgehead atoms. The molecule has 2 rings (SSSR count). The Kier molecular flexibility index (Phi) is 4.59. The number of nitrogens with zero attached hydrogens (tertiary/aromatic N) is 2. The van der Waals surface area contributed by atoms with Crippen LogP contribution in [0.3, 0.4) is 0 Å². The van der Waals surface area contributed by atoms with Crippen LogP contribution < -0.4 is 4.74 Å². The van der Waals surface area contributed by atoms with Crippen molar-refractivity contribution in [3.8, 4) is 17.9 Å². The van der Waals surface area contributed by atoms with Gasteiger partial charge in [-0.25, -0.2) is 4.79 Å². The molecule has 2 aromatic rings. The number of rotatable bonds is 5. The molecule has 0 spiro atoms. The molecule has 0 aliphatic heterocycles. The number of carboxylic acids is 1. The second-order valence-electron chi connectivity index (χ2n) is 4.21. The van der Waals surface area contributed by atoms with Gasteiger partial charge in [-0.2, -0.15) is 10.5 Å². The molecule has 6 heteroatoms. The molecule has 0 atom stereocenters. The number of carboxylic acid groups (broad SMARTS) is 1. The van der Waals surface area contributed by atoms with E-state index in [-0.39, 0.29) is 17.9 Å². The second-order valence-corrected chi connectivity index (χ2v) is 4.21. The Morgan fingerprint density at radius 1 is 1.27 bits per heavy atom. The molecule has 1 aromatic carbocycles. The van der Waals surface area contributed by atoms with Gasteiger partial charge in [0.1, 0.15) is 35.8 Å². The summed E-state index contributed by atoms with van der Waals surface area (Å²) in [5.41, 5.74) is 0.649. The fraction of sp³-hybridized carbons (Fsp3) is 0.0625. The van der Waals surface area contributed by atoms with Gasteiger partial charge in [-0.3, -0.25) is 0 Å². The fourth-order valence-electron chi connectivity index (χ4n) is 1.68. The highest BCUT2D eigenvalue weighted by atomic mass is 16.5. The minimum Gasteiger partial charge on any atom is -0.486 e. The van der Waals surface area contributed by atoms with Gasteiger partial charge in [-0.1, -0.05) is 12.1 Å². The maximum Gasteiger partial charge on any atom is 0.371 e. The third-order valence-corrected chi connectivity index (χ3v) is 2.66. The zero-order valence-corrected chi connectivity index (χ0v) is 11.3. The first kappa shape index (κ1) is 14.9. The summed E-state index contributed by atoms with van der Waals surface area (Å²) in [5.74, 6) is -0.396. The summed E-state index contributed by atoms with van der Waals surface area (Å²) in [6.45, 7) is 0.0732. The van der Waals surface area contributed by atoms with E-state index < -0.39 is 5.97 Å². The third-order valence-electron chi connectivity index (χ3n) is 2.66. The lowest BCUT2D eigenvalue weighted by molar-refractivity contribution is 0.0658. The predicted molar refractivity (Wildman–Crippen MR) is 75.6 cm³/mol. The largest absolute Gasteiger partial charge is 0.486 e. The van der Waals surface area contributed by atoms with Crippen LogP contribution in [0.15, 0.2) is 46.4 Å². The topological polar surface area (TPSA) is 107 Å². The van der Waals surface area contributed by atoms with E-state index in [0.717, 1.165) is 0 Å². The van der Waals surface area contributed by atoms with Gasteiger partial charge in [0.05, 0.1) is 0 Å². The predicted octanol–water partition coefficient (Wildman–Crippen LogP) is 2.99. The molecule has 1 heterocycles. The number of carbonyl (C=O) groups is 1. The van der Waals surface area contributed by atoms with Crippen LogP contribution in [0.5, 0.6) is 5.75 Å². The molecule has 108 valence electrons. The van der Waals surface area contributed by atoms with Crippen LogP contribution in [-0.4, -0.2) is 11.1 Å². The molecule has 0 amide bonds. The smallest absolute Gasteiger partial charge is 0.371 e. The van der Waals surface area contributed by atoms with Gasteiger partial charge in [0.2, 0.25) is 5.76 Å². The van der Waals surface area contributed by atoms with E-state index in [1.807, 2.05) is 0 Å². The van der Waals surface area contributed by atoms with E-state index in [9.17, 15) is 4.79 Å². The zero-order valence-electron chi connectivity index (χ0n) is 11.3. The van der Waals surface area contributed by atoms with Crippen molar-refractivity contribution in [1.82, 2.24) is 0 Å². The van der Waals surface area contributed by atoms with Crippen molar-refractivity contribution < 1.29 is 19.1 Å². The standard InChI is InChI=1S/C16H10N2O4/c17-8-12(9-18)6-11-2-1-3-13(7-11)21-10-14-4-5-15(22-14)16(19)20/h1-7H,10H2,(H,19,20). The molecule has 0 aliphatic carbocycles. The Morgan fingerprint density at radius 3 is 2.68 bits per heavy atom. The third kappa shape index (κ3) is 3.75. The molecule has 6 nitrogen and oxygen atoms in total. The molecular formula is C16H10N2O4. The van der Waals surface area contributed by atoms with Crippen molar-refractivity contribution in [2.75, 3.05) is 0 Å². The van der Waals surface area contributed by atoms with E-state index in [2.05, 4.69) is 0 Å². The van der Waals surface area contributed by atoms with E-state index in [0.29, 0.717) is 17.1 Å². The zero-order chi connectivity index (χ0) is 15.9. The number of furan rings is 1. The minimum absolute atomic E-state index is 0.00529. The normalized spacial score (nSPS) is 9.36. The van der Waals surface area contributed by atoms with Gasteiger partial charge < -0.3 is 14.3 Å². The number of allylic oxidation sites excluding steroid dienone is 1. The molecule has 1 N–H and O–H groups in total. The van der Waals surface area contributed by atoms with E-state index in [1.54, 1.807) is 36.4 Å². The molecule has 0 saturated carbocycles. The molecule has 0 radical (unpaired) electrons. The Hall–Kier alpha value is -3.51. The van der Waals surface area contributed by atoms with Gasteiger partial charge in [0, 0.05) is 0 Å². The lowest BCUT2D eigenvalue weighted by Crippen LogP contribution is -1.95. The van der Waals surface area contributed by atoms with Crippen molar-refractivity contribution in [3.05, 3.63) is 59.1 Å². The maximum absolute atomic E-state index is 10.7. The van der Waals surface area contributed by atoms with Gasteiger partial charge in [-0.05, 0) is 35.9 Å². The van der Waals surface area contributed by atoms with Crippen molar-refractivity contribution in [3.63, 3.8) is 0 Å². The van der Waals surface area contributed by atoms with Gasteiger partial charge in [0.15, 0.2) is 0 Å². The monoisotopic (exact) mass is 294 g/mol. The first-order valence-electron chi connectivity index (χ1n) is 6.19. The highest BCUT2D eigenvalue weighted by Crippen LogP contribution is 2.18. The van der Waals surface area contributed by atoms with Gasteiger partial charge in [-0.15, -0.1) is 0 Å². The molecule has 22 heavy (non-hydrogen) atoms. The number of hydrogen-bond acceptors (Lipinski definition) is 5. The van der Waals surface area contributed by atoms with Crippen molar-refractivity contribution in [2.24, 2.45) is 0 Å². The summed E-state index contributed by atoms with van der Waals surface area (Å²) < 4.78 is 10.6. The lowest BCUT2D eigenvalue weighted by atomic mass is 10.1. The maximum atomic E-state index is 10.7. The second kappa shape index (κ2) is 6.78. The summed E-state index contributed by atoms with van der Waals surface area (Å²) >= 11 is 0. The van der Waals surface area contributed by atoms with E-state index >= 15 is 0 Å². The Labute approximate surface area is 126 Å².